The summed E-state index contributed by atoms with van der Waals surface area (Å²) in [6.07, 6.45) is 1.75. The maximum atomic E-state index is 13.2. The van der Waals surface area contributed by atoms with Crippen molar-refractivity contribution in [3.8, 4) is 0 Å². The second kappa shape index (κ2) is 7.21. The van der Waals surface area contributed by atoms with Crippen molar-refractivity contribution in [1.29, 1.82) is 0 Å². The van der Waals surface area contributed by atoms with Crippen LogP contribution in [-0.2, 0) is 11.3 Å². The largest absolute Gasteiger partial charge is 0.339 e. The number of tetrazole rings is 1. The van der Waals surface area contributed by atoms with Crippen LogP contribution in [-0.4, -0.2) is 43.0 Å². The van der Waals surface area contributed by atoms with E-state index in [1.165, 1.54) is 0 Å². The van der Waals surface area contributed by atoms with Gasteiger partial charge in [0.2, 0.25) is 0 Å². The summed E-state index contributed by atoms with van der Waals surface area (Å²) < 4.78 is 1.56. The normalized spacial score (nSPS) is 12.0. The van der Waals surface area contributed by atoms with Crippen molar-refractivity contribution in [3.63, 3.8) is 0 Å². The Morgan fingerprint density at radius 3 is 2.60 bits per heavy atom. The molecule has 0 fully saturated rings. The van der Waals surface area contributed by atoms with Gasteiger partial charge in [-0.3, -0.25) is 9.78 Å². The van der Waals surface area contributed by atoms with Gasteiger partial charge < -0.3 is 4.90 Å². The number of rotatable bonds is 5. The van der Waals surface area contributed by atoms with E-state index in [0.717, 1.165) is 16.8 Å². The fourth-order valence-corrected chi connectivity index (χ4v) is 2.76. The Hall–Kier alpha value is -3.09. The number of amides is 1. The van der Waals surface area contributed by atoms with Gasteiger partial charge in [0, 0.05) is 25.5 Å². The highest BCUT2D eigenvalue weighted by Gasteiger charge is 2.28. The average molecular weight is 336 g/mol. The molecule has 1 aromatic carbocycles. The van der Waals surface area contributed by atoms with Crippen LogP contribution >= 0.6 is 0 Å². The summed E-state index contributed by atoms with van der Waals surface area (Å²) in [6, 6.07) is 12.8. The van der Waals surface area contributed by atoms with Gasteiger partial charge >= 0.3 is 0 Å². The Labute approximate surface area is 146 Å². The predicted molar refractivity (Wildman–Crippen MR) is 92.6 cm³/mol. The topological polar surface area (TPSA) is 76.8 Å². The molecule has 1 unspecified atom stereocenters. The summed E-state index contributed by atoms with van der Waals surface area (Å²) in [5.41, 5.74) is 2.80. The molecule has 2 heterocycles. The smallest absolute Gasteiger partial charge is 0.252 e. The van der Waals surface area contributed by atoms with Crippen molar-refractivity contribution in [2.24, 2.45) is 0 Å². The second-order valence-corrected chi connectivity index (χ2v) is 5.98. The zero-order valence-electron chi connectivity index (χ0n) is 14.5. The van der Waals surface area contributed by atoms with Crippen molar-refractivity contribution < 1.29 is 4.79 Å². The van der Waals surface area contributed by atoms with Crippen LogP contribution < -0.4 is 0 Å². The van der Waals surface area contributed by atoms with Crippen molar-refractivity contribution in [2.45, 2.75) is 26.4 Å². The standard InChI is InChI=1S/C18H20N6O/c1-13-11-15(9-10-19-13)12-23(3)18(25)17(16-7-5-4-6-8-16)24-14(2)20-21-22-24/h4-11,17H,12H2,1-3H3. The lowest BCUT2D eigenvalue weighted by Gasteiger charge is -2.24. The molecule has 3 aromatic rings. The number of pyridine rings is 1. The Bertz CT molecular complexity index is 861. The maximum Gasteiger partial charge on any atom is 0.252 e. The number of aryl methyl sites for hydroxylation is 2. The predicted octanol–water partition coefficient (Wildman–Crippen LogP) is 1.93. The molecular weight excluding hydrogens is 316 g/mol. The number of carbonyl (C=O) groups is 1. The SMILES string of the molecule is Cc1cc(CN(C)C(=O)C(c2ccccc2)n2nnnc2C)ccn1. The summed E-state index contributed by atoms with van der Waals surface area (Å²) in [5.74, 6) is 0.520. The molecule has 25 heavy (non-hydrogen) atoms. The van der Waals surface area contributed by atoms with E-state index in [-0.39, 0.29) is 5.91 Å². The number of likely N-dealkylation sites (N-methyl/N-ethyl adjacent to an activating group) is 1. The molecular formula is C18H20N6O. The van der Waals surface area contributed by atoms with E-state index in [1.807, 2.05) is 49.4 Å². The Morgan fingerprint density at radius 1 is 1.20 bits per heavy atom. The van der Waals surface area contributed by atoms with Crippen molar-refractivity contribution in [3.05, 3.63) is 71.3 Å². The first-order chi connectivity index (χ1) is 12.1. The maximum absolute atomic E-state index is 13.2. The lowest BCUT2D eigenvalue weighted by molar-refractivity contribution is -0.133. The molecule has 0 radical (unpaired) electrons. The molecule has 0 saturated heterocycles. The highest BCUT2D eigenvalue weighted by atomic mass is 16.2. The van der Waals surface area contributed by atoms with Gasteiger partial charge in [-0.25, -0.2) is 4.68 Å². The Kier molecular flexibility index (Phi) is 4.83. The van der Waals surface area contributed by atoms with Crippen molar-refractivity contribution in [2.75, 3.05) is 7.05 Å². The van der Waals surface area contributed by atoms with Gasteiger partial charge in [0.05, 0.1) is 0 Å². The molecule has 0 saturated carbocycles. The fourth-order valence-electron chi connectivity index (χ4n) is 2.76. The number of aromatic nitrogens is 5. The first-order valence-electron chi connectivity index (χ1n) is 8.02. The minimum atomic E-state index is -0.593. The lowest BCUT2D eigenvalue weighted by atomic mass is 10.1. The molecule has 0 N–H and O–H groups in total. The summed E-state index contributed by atoms with van der Waals surface area (Å²) in [5, 5.41) is 11.6. The van der Waals surface area contributed by atoms with Gasteiger partial charge in [0.15, 0.2) is 6.04 Å². The number of hydrogen-bond donors (Lipinski definition) is 0. The van der Waals surface area contributed by atoms with Gasteiger partial charge in [-0.05, 0) is 47.5 Å². The summed E-state index contributed by atoms with van der Waals surface area (Å²) >= 11 is 0. The number of benzene rings is 1. The van der Waals surface area contributed by atoms with E-state index in [9.17, 15) is 4.79 Å². The first-order valence-corrected chi connectivity index (χ1v) is 8.02. The molecule has 1 atom stereocenters. The van der Waals surface area contributed by atoms with Gasteiger partial charge in [0.1, 0.15) is 5.82 Å². The Balaban J connectivity index is 1.90. The third-order valence-corrected chi connectivity index (χ3v) is 4.01. The molecule has 2 aromatic heterocycles. The Morgan fingerprint density at radius 2 is 1.96 bits per heavy atom. The highest BCUT2D eigenvalue weighted by Crippen LogP contribution is 2.21. The van der Waals surface area contributed by atoms with Gasteiger partial charge in [-0.1, -0.05) is 30.3 Å². The monoisotopic (exact) mass is 336 g/mol. The molecule has 0 spiro atoms. The summed E-state index contributed by atoms with van der Waals surface area (Å²) in [4.78, 5) is 19.1. The zero-order valence-corrected chi connectivity index (χ0v) is 14.5. The molecule has 0 bridgehead atoms. The van der Waals surface area contributed by atoms with E-state index in [1.54, 1.807) is 29.7 Å². The first kappa shape index (κ1) is 16.8. The minimum absolute atomic E-state index is 0.0731. The molecule has 0 aliphatic heterocycles. The van der Waals surface area contributed by atoms with Crippen LogP contribution in [0.1, 0.15) is 28.7 Å². The zero-order chi connectivity index (χ0) is 17.8. The number of carbonyl (C=O) groups excluding carboxylic acids is 1. The van der Waals surface area contributed by atoms with Crippen LogP contribution in [0.15, 0.2) is 48.7 Å². The van der Waals surface area contributed by atoms with E-state index in [2.05, 4.69) is 20.5 Å². The van der Waals surface area contributed by atoms with E-state index < -0.39 is 6.04 Å². The molecule has 0 aliphatic carbocycles. The van der Waals surface area contributed by atoms with Crippen LogP contribution in [0.4, 0.5) is 0 Å². The van der Waals surface area contributed by atoms with Crippen molar-refractivity contribution >= 4 is 5.91 Å². The van der Waals surface area contributed by atoms with Gasteiger partial charge in [-0.15, -0.1) is 5.10 Å². The molecule has 3 rings (SSSR count). The molecule has 0 aliphatic rings. The van der Waals surface area contributed by atoms with Gasteiger partial charge in [-0.2, -0.15) is 0 Å². The van der Waals surface area contributed by atoms with Crippen LogP contribution in [0.3, 0.4) is 0 Å². The van der Waals surface area contributed by atoms with Gasteiger partial charge in [0.25, 0.3) is 5.91 Å². The molecule has 7 heteroatoms. The lowest BCUT2D eigenvalue weighted by Crippen LogP contribution is -2.35. The number of hydrogen-bond acceptors (Lipinski definition) is 5. The quantitative estimate of drug-likeness (QED) is 0.711. The third kappa shape index (κ3) is 3.71. The van der Waals surface area contributed by atoms with Crippen LogP contribution in [0.2, 0.25) is 0 Å². The summed E-state index contributed by atoms with van der Waals surface area (Å²) in [6.45, 7) is 4.21. The molecule has 128 valence electrons. The van der Waals surface area contributed by atoms with Crippen molar-refractivity contribution in [1.82, 2.24) is 30.1 Å². The van der Waals surface area contributed by atoms with Crippen LogP contribution in [0, 0.1) is 13.8 Å². The van der Waals surface area contributed by atoms with Crippen LogP contribution in [0.25, 0.3) is 0 Å². The molecule has 7 nitrogen and oxygen atoms in total. The highest BCUT2D eigenvalue weighted by molar-refractivity contribution is 5.83. The second-order valence-electron chi connectivity index (χ2n) is 5.98. The minimum Gasteiger partial charge on any atom is -0.339 e. The molecule has 1 amide bonds. The van der Waals surface area contributed by atoms with E-state index >= 15 is 0 Å². The van der Waals surface area contributed by atoms with Crippen LogP contribution in [0.5, 0.6) is 0 Å². The third-order valence-electron chi connectivity index (χ3n) is 4.01. The van der Waals surface area contributed by atoms with E-state index in [4.69, 9.17) is 0 Å². The van der Waals surface area contributed by atoms with E-state index in [0.29, 0.717) is 12.4 Å². The summed E-state index contributed by atoms with van der Waals surface area (Å²) in [7, 11) is 1.79. The fraction of sp³-hybridized carbons (Fsp3) is 0.278. The number of nitrogens with zero attached hydrogens (tertiary/aromatic N) is 6. The average Bonchev–Trinajstić information content (AvgIpc) is 3.02.